The lowest BCUT2D eigenvalue weighted by Gasteiger charge is -2.09. The molecule has 0 aliphatic carbocycles. The van der Waals surface area contributed by atoms with Crippen LogP contribution in [-0.2, 0) is 0 Å². The van der Waals surface area contributed by atoms with Crippen molar-refractivity contribution in [1.82, 2.24) is 15.0 Å². The number of pyridine rings is 3. The van der Waals surface area contributed by atoms with Gasteiger partial charge in [0.05, 0.1) is 33.6 Å². The van der Waals surface area contributed by atoms with Gasteiger partial charge in [0.1, 0.15) is 0 Å². The number of rotatable bonds is 3. The molecule has 5 aromatic carbocycles. The predicted octanol–water partition coefficient (Wildman–Crippen LogP) is 10.7. The van der Waals surface area contributed by atoms with Gasteiger partial charge in [-0.25, -0.2) is 15.0 Å². The first-order valence-electron chi connectivity index (χ1n) is 14.4. The van der Waals surface area contributed by atoms with E-state index in [1.54, 1.807) is 0 Å². The van der Waals surface area contributed by atoms with Gasteiger partial charge in [-0.05, 0) is 36.4 Å². The van der Waals surface area contributed by atoms with Crippen molar-refractivity contribution in [3.8, 4) is 33.8 Å². The summed E-state index contributed by atoms with van der Waals surface area (Å²) in [5.41, 5.74) is 8.96. The van der Waals surface area contributed by atoms with Crippen LogP contribution in [0.5, 0.6) is 0 Å². The first kappa shape index (κ1) is 24.2. The molecule has 4 heteroatoms. The normalized spacial score (nSPS) is 11.7. The second-order valence-corrected chi connectivity index (χ2v) is 11.9. The SMILES string of the molecule is c1ccc(-c2ccc3ccc4ccc(-c5ccc(-c6ccc7c(ccc8c9ccccc9sc78)n6)cc5)nc4c3n2)cc1. The van der Waals surface area contributed by atoms with E-state index in [0.29, 0.717) is 0 Å². The number of benzene rings is 5. The van der Waals surface area contributed by atoms with E-state index < -0.39 is 0 Å². The average molecular weight is 566 g/mol. The number of aromatic nitrogens is 3. The minimum Gasteiger partial charge on any atom is -0.248 e. The van der Waals surface area contributed by atoms with Crippen LogP contribution in [0.3, 0.4) is 0 Å². The van der Waals surface area contributed by atoms with E-state index in [-0.39, 0.29) is 0 Å². The lowest BCUT2D eigenvalue weighted by atomic mass is 10.0. The summed E-state index contributed by atoms with van der Waals surface area (Å²) in [5.74, 6) is 0. The van der Waals surface area contributed by atoms with E-state index in [9.17, 15) is 0 Å². The van der Waals surface area contributed by atoms with Gasteiger partial charge in [-0.2, -0.15) is 0 Å². The summed E-state index contributed by atoms with van der Waals surface area (Å²) in [6, 6.07) is 48.9. The molecule has 0 radical (unpaired) electrons. The van der Waals surface area contributed by atoms with Crippen molar-refractivity contribution in [1.29, 1.82) is 0 Å². The third-order valence-electron chi connectivity index (χ3n) is 8.28. The van der Waals surface area contributed by atoms with Crippen LogP contribution in [0.25, 0.3) is 86.7 Å². The van der Waals surface area contributed by atoms with Gasteiger partial charge in [-0.3, -0.25) is 0 Å². The van der Waals surface area contributed by atoms with Crippen molar-refractivity contribution >= 4 is 64.2 Å². The molecule has 0 saturated carbocycles. The smallest absolute Gasteiger partial charge is 0.0972 e. The van der Waals surface area contributed by atoms with E-state index in [1.807, 2.05) is 29.5 Å². The van der Waals surface area contributed by atoms with E-state index in [4.69, 9.17) is 15.0 Å². The molecule has 0 N–H and O–H groups in total. The lowest BCUT2D eigenvalue weighted by molar-refractivity contribution is 1.36. The van der Waals surface area contributed by atoms with Crippen LogP contribution in [0.2, 0.25) is 0 Å². The molecule has 0 aliphatic rings. The third-order valence-corrected chi connectivity index (χ3v) is 9.50. The van der Waals surface area contributed by atoms with Gasteiger partial charge in [-0.1, -0.05) is 103 Å². The Morgan fingerprint density at radius 1 is 0.372 bits per heavy atom. The fraction of sp³-hybridized carbons (Fsp3) is 0. The number of fused-ring (bicyclic) bond motifs is 8. The quantitative estimate of drug-likeness (QED) is 0.200. The molecule has 0 saturated heterocycles. The summed E-state index contributed by atoms with van der Waals surface area (Å²) < 4.78 is 2.61. The minimum atomic E-state index is 0.917. The highest BCUT2D eigenvalue weighted by Gasteiger charge is 2.12. The van der Waals surface area contributed by atoms with Crippen LogP contribution >= 0.6 is 11.3 Å². The number of thiophene rings is 1. The summed E-state index contributed by atoms with van der Waals surface area (Å²) in [7, 11) is 0. The zero-order valence-corrected chi connectivity index (χ0v) is 23.8. The highest BCUT2D eigenvalue weighted by molar-refractivity contribution is 7.26. The summed E-state index contributed by atoms with van der Waals surface area (Å²) in [6.07, 6.45) is 0. The third kappa shape index (κ3) is 3.99. The maximum absolute atomic E-state index is 5.12. The molecule has 0 unspecified atom stereocenters. The van der Waals surface area contributed by atoms with Gasteiger partial charge in [-0.15, -0.1) is 11.3 Å². The monoisotopic (exact) mass is 565 g/mol. The Morgan fingerprint density at radius 3 is 1.60 bits per heavy atom. The Bertz CT molecular complexity index is 2500. The van der Waals surface area contributed by atoms with Crippen molar-refractivity contribution in [3.05, 3.63) is 140 Å². The number of hydrogen-bond donors (Lipinski definition) is 0. The molecule has 3 nitrogen and oxygen atoms in total. The van der Waals surface area contributed by atoms with Crippen molar-refractivity contribution in [3.63, 3.8) is 0 Å². The second-order valence-electron chi connectivity index (χ2n) is 10.8. The largest absolute Gasteiger partial charge is 0.248 e. The fourth-order valence-electron chi connectivity index (χ4n) is 6.06. The van der Waals surface area contributed by atoms with Crippen LogP contribution in [0.4, 0.5) is 0 Å². The van der Waals surface area contributed by atoms with E-state index in [2.05, 4.69) is 121 Å². The summed E-state index contributed by atoms with van der Waals surface area (Å²) in [4.78, 5) is 15.2. The highest BCUT2D eigenvalue weighted by Crippen LogP contribution is 2.38. The van der Waals surface area contributed by atoms with Gasteiger partial charge in [0.25, 0.3) is 0 Å². The molecule has 9 rings (SSSR count). The topological polar surface area (TPSA) is 38.7 Å². The van der Waals surface area contributed by atoms with Crippen molar-refractivity contribution in [2.24, 2.45) is 0 Å². The molecule has 0 aliphatic heterocycles. The van der Waals surface area contributed by atoms with Crippen molar-refractivity contribution in [2.45, 2.75) is 0 Å². The number of nitrogens with zero attached hydrogens (tertiary/aromatic N) is 3. The molecule has 0 amide bonds. The van der Waals surface area contributed by atoms with Crippen molar-refractivity contribution in [2.75, 3.05) is 0 Å². The second kappa shape index (κ2) is 9.55. The van der Waals surface area contributed by atoms with Crippen LogP contribution < -0.4 is 0 Å². The molecular weight excluding hydrogens is 543 g/mol. The Balaban J connectivity index is 1.09. The Labute approximate surface area is 251 Å². The zero-order chi connectivity index (χ0) is 28.3. The molecule has 0 spiro atoms. The van der Waals surface area contributed by atoms with E-state index in [1.165, 1.54) is 25.6 Å². The van der Waals surface area contributed by atoms with Gasteiger partial charge < -0.3 is 0 Å². The van der Waals surface area contributed by atoms with Gasteiger partial charge in [0.2, 0.25) is 0 Å². The van der Waals surface area contributed by atoms with Crippen LogP contribution in [0.15, 0.2) is 140 Å². The van der Waals surface area contributed by atoms with E-state index >= 15 is 0 Å². The van der Waals surface area contributed by atoms with Crippen molar-refractivity contribution < 1.29 is 0 Å². The molecule has 4 heterocycles. The summed E-state index contributed by atoms with van der Waals surface area (Å²) in [5, 5.41) is 5.98. The first-order valence-corrected chi connectivity index (χ1v) is 15.2. The predicted molar refractivity (Wildman–Crippen MR) is 182 cm³/mol. The molecule has 43 heavy (non-hydrogen) atoms. The van der Waals surface area contributed by atoms with Crippen LogP contribution in [-0.4, -0.2) is 15.0 Å². The number of hydrogen-bond acceptors (Lipinski definition) is 4. The summed E-state index contributed by atoms with van der Waals surface area (Å²) in [6.45, 7) is 0. The van der Waals surface area contributed by atoms with Gasteiger partial charge >= 0.3 is 0 Å². The molecule has 200 valence electrons. The Hall–Kier alpha value is -5.45. The summed E-state index contributed by atoms with van der Waals surface area (Å²) >= 11 is 1.84. The fourth-order valence-corrected chi connectivity index (χ4v) is 7.28. The molecule has 9 aromatic rings. The van der Waals surface area contributed by atoms with Gasteiger partial charge in [0.15, 0.2) is 0 Å². The van der Waals surface area contributed by atoms with Gasteiger partial charge in [0, 0.05) is 53.0 Å². The van der Waals surface area contributed by atoms with Crippen LogP contribution in [0.1, 0.15) is 0 Å². The maximum Gasteiger partial charge on any atom is 0.0972 e. The lowest BCUT2D eigenvalue weighted by Crippen LogP contribution is -1.91. The molecular formula is C39H23N3S. The zero-order valence-electron chi connectivity index (χ0n) is 23.0. The average Bonchev–Trinajstić information content (AvgIpc) is 3.47. The minimum absolute atomic E-state index is 0.917. The van der Waals surface area contributed by atoms with Crippen LogP contribution in [0, 0.1) is 0 Å². The molecule has 0 fully saturated rings. The maximum atomic E-state index is 5.12. The molecule has 0 atom stereocenters. The molecule has 4 aromatic heterocycles. The van der Waals surface area contributed by atoms with E-state index in [0.717, 1.165) is 61.1 Å². The molecule has 0 bridgehead atoms. The highest BCUT2D eigenvalue weighted by atomic mass is 32.1. The first-order chi connectivity index (χ1) is 21.3. The Kier molecular flexibility index (Phi) is 5.37. The Morgan fingerprint density at radius 2 is 0.907 bits per heavy atom. The standard InChI is InChI=1S/C39H23N3S/c1-2-6-24(7-3-1)33-20-16-27-14-15-28-17-21-34(42-38(28)37(27)41-33)26-12-10-25(11-13-26)32-22-19-31-35(40-32)23-18-30-29-8-4-5-9-36(29)43-39(30)31/h1-23H.